The van der Waals surface area contributed by atoms with Gasteiger partial charge in [0.25, 0.3) is 0 Å². The van der Waals surface area contributed by atoms with Gasteiger partial charge in [-0.15, -0.1) is 11.3 Å². The minimum absolute atomic E-state index is 0.290. The smallest absolute Gasteiger partial charge is 0.211 e. The topological polar surface area (TPSA) is 106 Å². The van der Waals surface area contributed by atoms with Gasteiger partial charge in [-0.3, -0.25) is 0 Å². The lowest BCUT2D eigenvalue weighted by atomic mass is 10.1. The number of aliphatic hydroxyl groups is 1. The molecule has 0 spiro atoms. The Morgan fingerprint density at radius 2 is 1.73 bits per heavy atom. The molecule has 0 bridgehead atoms. The van der Waals surface area contributed by atoms with E-state index in [-0.39, 0.29) is 0 Å². The first-order chi connectivity index (χ1) is 14.2. The maximum absolute atomic E-state index is 11.5. The van der Waals surface area contributed by atoms with Gasteiger partial charge >= 0.3 is 0 Å². The maximum atomic E-state index is 11.5. The molecule has 2 N–H and O–H groups in total. The van der Waals surface area contributed by atoms with Crippen LogP contribution in [0.5, 0.6) is 0 Å². The fourth-order valence-corrected chi connectivity index (χ4v) is 4.40. The number of nitrogens with zero attached hydrogens (tertiary/aromatic N) is 3. The number of aliphatic hydroxyl groups excluding tert-OH is 1. The van der Waals surface area contributed by atoms with Crippen LogP contribution in [-0.4, -0.2) is 24.8 Å². The van der Waals surface area contributed by atoms with E-state index in [1.54, 1.807) is 19.1 Å². The maximum Gasteiger partial charge on any atom is 0.211 e. The van der Waals surface area contributed by atoms with Crippen LogP contribution in [0.2, 0.25) is 0 Å². The Hall–Kier alpha value is -2.77. The van der Waals surface area contributed by atoms with Crippen molar-refractivity contribution in [1.29, 1.82) is 5.26 Å². The Morgan fingerprint density at radius 3 is 2.30 bits per heavy atom. The zero-order valence-corrected chi connectivity index (χ0v) is 18.2. The highest BCUT2D eigenvalue weighted by atomic mass is 32.2. The number of sulfonamides is 1. The van der Waals surface area contributed by atoms with Crippen LogP contribution in [0.3, 0.4) is 0 Å². The molecule has 0 amide bonds. The van der Waals surface area contributed by atoms with E-state index < -0.39 is 16.3 Å². The number of hydrogen-bond donors (Lipinski definition) is 2. The number of thiazole rings is 1. The highest BCUT2D eigenvalue weighted by molar-refractivity contribution is 7.88. The molecule has 1 heterocycles. The van der Waals surface area contributed by atoms with Gasteiger partial charge in [0.2, 0.25) is 10.0 Å². The van der Waals surface area contributed by atoms with Gasteiger partial charge in [-0.05, 0) is 30.2 Å². The lowest BCUT2D eigenvalue weighted by Crippen LogP contribution is -2.28. The van der Waals surface area contributed by atoms with Crippen LogP contribution in [0.25, 0.3) is 0 Å². The predicted molar refractivity (Wildman–Crippen MR) is 117 cm³/mol. The van der Waals surface area contributed by atoms with Crippen molar-refractivity contribution in [2.24, 2.45) is 0 Å². The van der Waals surface area contributed by atoms with Crippen molar-refractivity contribution in [1.82, 2.24) is 9.71 Å². The van der Waals surface area contributed by atoms with Crippen LogP contribution < -0.4 is 9.62 Å². The number of hydrogen-bond acceptors (Lipinski definition) is 7. The Morgan fingerprint density at radius 1 is 1.13 bits per heavy atom. The Labute approximate surface area is 180 Å². The first kappa shape index (κ1) is 21.9. The molecule has 0 fully saturated rings. The minimum Gasteiger partial charge on any atom is -0.372 e. The van der Waals surface area contributed by atoms with E-state index in [4.69, 9.17) is 5.26 Å². The molecule has 0 aliphatic rings. The largest absolute Gasteiger partial charge is 0.372 e. The lowest BCUT2D eigenvalue weighted by Gasteiger charge is -2.22. The molecule has 3 aromatic rings. The van der Waals surface area contributed by atoms with Crippen LogP contribution >= 0.6 is 11.3 Å². The van der Waals surface area contributed by atoms with E-state index >= 15 is 0 Å². The van der Waals surface area contributed by atoms with Gasteiger partial charge < -0.3 is 10.0 Å². The summed E-state index contributed by atoms with van der Waals surface area (Å²) in [5.41, 5.74) is 2.98. The van der Waals surface area contributed by atoms with Crippen LogP contribution in [0, 0.1) is 18.3 Å². The highest BCUT2D eigenvalue weighted by Crippen LogP contribution is 2.31. The summed E-state index contributed by atoms with van der Waals surface area (Å²) in [4.78, 5) is 7.32. The summed E-state index contributed by atoms with van der Waals surface area (Å²) < 4.78 is 25.1. The second-order valence-electron chi connectivity index (χ2n) is 6.88. The number of aryl methyl sites for hydroxylation is 1. The molecule has 156 valence electrons. The number of benzene rings is 2. The Bertz CT molecular complexity index is 1140. The van der Waals surface area contributed by atoms with E-state index in [1.165, 1.54) is 11.3 Å². The SMILES string of the molecule is Cc1sc(N(Cc2ccccc2)Cc2ccc(C#N)cc2)nc1C(O)NS(C)(=O)=O. The molecule has 0 aliphatic heterocycles. The third-order valence-electron chi connectivity index (χ3n) is 4.35. The fourth-order valence-electron chi connectivity index (χ4n) is 2.94. The molecule has 3 rings (SSSR count). The molecule has 0 radical (unpaired) electrons. The molecule has 1 unspecified atom stereocenters. The van der Waals surface area contributed by atoms with E-state index in [1.807, 2.05) is 42.5 Å². The number of aromatic nitrogens is 1. The number of anilines is 1. The molecule has 1 atom stereocenters. The first-order valence-electron chi connectivity index (χ1n) is 9.16. The van der Waals surface area contributed by atoms with Gasteiger partial charge in [-0.1, -0.05) is 42.5 Å². The summed E-state index contributed by atoms with van der Waals surface area (Å²) in [5.74, 6) is 0. The summed E-state index contributed by atoms with van der Waals surface area (Å²) in [6, 6.07) is 19.4. The molecule has 30 heavy (non-hydrogen) atoms. The molecular weight excluding hydrogens is 420 g/mol. The van der Waals surface area contributed by atoms with Crippen LogP contribution in [0.1, 0.15) is 33.5 Å². The summed E-state index contributed by atoms with van der Waals surface area (Å²) in [5, 5.41) is 20.0. The van der Waals surface area contributed by atoms with E-state index in [0.29, 0.717) is 29.5 Å². The summed E-state index contributed by atoms with van der Waals surface area (Å²) >= 11 is 1.39. The first-order valence-corrected chi connectivity index (χ1v) is 11.9. The van der Waals surface area contributed by atoms with Crippen LogP contribution in [0.15, 0.2) is 54.6 Å². The average Bonchev–Trinajstić information content (AvgIpc) is 3.09. The Balaban J connectivity index is 1.91. The fraction of sp³-hybridized carbons (Fsp3) is 0.238. The molecule has 0 aliphatic carbocycles. The molecule has 1 aromatic heterocycles. The number of rotatable bonds is 8. The zero-order valence-electron chi connectivity index (χ0n) is 16.6. The van der Waals surface area contributed by atoms with E-state index in [9.17, 15) is 13.5 Å². The second kappa shape index (κ2) is 9.36. The van der Waals surface area contributed by atoms with Crippen molar-refractivity contribution in [2.45, 2.75) is 26.2 Å². The summed E-state index contributed by atoms with van der Waals surface area (Å²) in [6.07, 6.45) is -0.413. The third-order valence-corrected chi connectivity index (χ3v) is 6.05. The van der Waals surface area contributed by atoms with E-state index in [0.717, 1.165) is 22.3 Å². The van der Waals surface area contributed by atoms with Gasteiger partial charge in [0, 0.05) is 18.0 Å². The van der Waals surface area contributed by atoms with E-state index in [2.05, 4.69) is 20.7 Å². The third kappa shape index (κ3) is 5.87. The summed E-state index contributed by atoms with van der Waals surface area (Å²) in [6.45, 7) is 2.93. The van der Waals surface area contributed by atoms with Gasteiger partial charge in [0.1, 0.15) is 5.69 Å². The van der Waals surface area contributed by atoms with Gasteiger partial charge in [-0.25, -0.2) is 13.4 Å². The standard InChI is InChI=1S/C21H22N4O3S2/c1-15-19(20(26)24-30(2,27)28)23-21(29-15)25(13-17-6-4-3-5-7-17)14-18-10-8-16(12-22)9-11-18/h3-11,20,24,26H,13-14H2,1-2H3. The average molecular weight is 443 g/mol. The van der Waals surface area contributed by atoms with Crippen molar-refractivity contribution < 1.29 is 13.5 Å². The minimum atomic E-state index is -3.58. The predicted octanol–water partition coefficient (Wildman–Crippen LogP) is 3.07. The second-order valence-corrected chi connectivity index (χ2v) is 9.84. The Kier molecular flexibility index (Phi) is 6.84. The zero-order chi connectivity index (χ0) is 21.7. The summed E-state index contributed by atoms with van der Waals surface area (Å²) in [7, 11) is -3.58. The van der Waals surface area contributed by atoms with Crippen molar-refractivity contribution in [3.05, 3.63) is 81.9 Å². The molecular formula is C21H22N4O3S2. The van der Waals surface area contributed by atoms with Crippen molar-refractivity contribution in [2.75, 3.05) is 11.2 Å². The molecule has 7 nitrogen and oxygen atoms in total. The van der Waals surface area contributed by atoms with Gasteiger partial charge in [0.05, 0.1) is 17.9 Å². The van der Waals surface area contributed by atoms with Crippen molar-refractivity contribution in [3.8, 4) is 6.07 Å². The number of nitrogens with one attached hydrogen (secondary N) is 1. The van der Waals surface area contributed by atoms with Crippen molar-refractivity contribution >= 4 is 26.5 Å². The molecule has 9 heteroatoms. The quantitative estimate of drug-likeness (QED) is 0.519. The monoisotopic (exact) mass is 442 g/mol. The lowest BCUT2D eigenvalue weighted by molar-refractivity contribution is 0.162. The molecule has 0 saturated carbocycles. The molecule has 2 aromatic carbocycles. The van der Waals surface area contributed by atoms with Crippen LogP contribution in [0.4, 0.5) is 5.13 Å². The number of nitriles is 1. The highest BCUT2D eigenvalue weighted by Gasteiger charge is 2.22. The molecule has 0 saturated heterocycles. The normalized spacial score (nSPS) is 12.3. The van der Waals surface area contributed by atoms with Crippen LogP contribution in [-0.2, 0) is 23.1 Å². The van der Waals surface area contributed by atoms with Gasteiger partial charge in [-0.2, -0.15) is 9.98 Å². The van der Waals surface area contributed by atoms with Crippen molar-refractivity contribution in [3.63, 3.8) is 0 Å². The van der Waals surface area contributed by atoms with Gasteiger partial charge in [0.15, 0.2) is 11.4 Å².